The van der Waals surface area contributed by atoms with E-state index in [-0.39, 0.29) is 11.9 Å². The fourth-order valence-corrected chi connectivity index (χ4v) is 1.12. The highest BCUT2D eigenvalue weighted by Crippen LogP contribution is 2.14. The predicted molar refractivity (Wildman–Crippen MR) is 51.5 cm³/mol. The largest absolute Gasteiger partial charge is 0.465 e. The van der Waals surface area contributed by atoms with Crippen LogP contribution >= 0.6 is 0 Å². The van der Waals surface area contributed by atoms with Crippen LogP contribution in [0.4, 0.5) is 0 Å². The van der Waals surface area contributed by atoms with Gasteiger partial charge in [-0.3, -0.25) is 4.79 Å². The van der Waals surface area contributed by atoms with Gasteiger partial charge in [0.25, 0.3) is 0 Å². The Labute approximate surface area is 78.5 Å². The third-order valence-corrected chi connectivity index (χ3v) is 1.91. The molecule has 0 spiro atoms. The SMILES string of the molecule is CC(=O)OC[C@@H](C)c1ccccc1. The number of rotatable bonds is 3. The zero-order chi connectivity index (χ0) is 9.68. The molecule has 0 heterocycles. The number of hydrogen-bond donors (Lipinski definition) is 0. The van der Waals surface area contributed by atoms with Crippen LogP contribution in [0, 0.1) is 0 Å². The van der Waals surface area contributed by atoms with E-state index in [9.17, 15) is 4.79 Å². The number of carbonyl (C=O) groups excluding carboxylic acids is 1. The molecule has 70 valence electrons. The average molecular weight is 178 g/mol. The minimum atomic E-state index is -0.220. The Morgan fingerprint density at radius 1 is 1.38 bits per heavy atom. The average Bonchev–Trinajstić information content (AvgIpc) is 2.15. The molecule has 1 aromatic rings. The third kappa shape index (κ3) is 3.28. The molecule has 0 fully saturated rings. The Hall–Kier alpha value is -1.31. The summed E-state index contributed by atoms with van der Waals surface area (Å²) in [6.07, 6.45) is 0. The number of benzene rings is 1. The van der Waals surface area contributed by atoms with Gasteiger partial charge in [0, 0.05) is 12.8 Å². The second kappa shape index (κ2) is 4.65. The molecule has 0 aromatic heterocycles. The highest BCUT2D eigenvalue weighted by molar-refractivity contribution is 5.65. The Morgan fingerprint density at radius 3 is 2.54 bits per heavy atom. The molecule has 0 radical (unpaired) electrons. The molecule has 1 atom stereocenters. The molecule has 0 bridgehead atoms. The lowest BCUT2D eigenvalue weighted by Gasteiger charge is -2.10. The second-order valence-corrected chi connectivity index (χ2v) is 3.11. The van der Waals surface area contributed by atoms with Gasteiger partial charge < -0.3 is 4.74 Å². The molecule has 1 aromatic carbocycles. The van der Waals surface area contributed by atoms with Crippen molar-refractivity contribution >= 4 is 5.97 Å². The van der Waals surface area contributed by atoms with Crippen LogP contribution in [0.3, 0.4) is 0 Å². The van der Waals surface area contributed by atoms with Gasteiger partial charge in [0.1, 0.15) is 0 Å². The fourth-order valence-electron chi connectivity index (χ4n) is 1.12. The van der Waals surface area contributed by atoms with E-state index in [1.54, 1.807) is 0 Å². The van der Waals surface area contributed by atoms with Gasteiger partial charge in [0.2, 0.25) is 0 Å². The summed E-state index contributed by atoms with van der Waals surface area (Å²) >= 11 is 0. The van der Waals surface area contributed by atoms with Gasteiger partial charge in [-0.2, -0.15) is 0 Å². The van der Waals surface area contributed by atoms with Crippen LogP contribution in [0.5, 0.6) is 0 Å². The summed E-state index contributed by atoms with van der Waals surface area (Å²) in [6.45, 7) is 3.93. The van der Waals surface area contributed by atoms with Crippen LogP contribution in [0.1, 0.15) is 25.3 Å². The summed E-state index contributed by atoms with van der Waals surface area (Å²) in [4.78, 5) is 10.6. The van der Waals surface area contributed by atoms with Gasteiger partial charge in [-0.05, 0) is 5.56 Å². The van der Waals surface area contributed by atoms with Crippen molar-refractivity contribution in [2.75, 3.05) is 6.61 Å². The first-order chi connectivity index (χ1) is 6.20. The van der Waals surface area contributed by atoms with Crippen molar-refractivity contribution in [2.24, 2.45) is 0 Å². The quantitative estimate of drug-likeness (QED) is 0.664. The minimum absolute atomic E-state index is 0.220. The Bertz CT molecular complexity index is 267. The van der Waals surface area contributed by atoms with E-state index in [0.717, 1.165) is 0 Å². The summed E-state index contributed by atoms with van der Waals surface area (Å²) < 4.78 is 4.92. The maximum Gasteiger partial charge on any atom is 0.302 e. The van der Waals surface area contributed by atoms with Crippen LogP contribution < -0.4 is 0 Å². The van der Waals surface area contributed by atoms with Gasteiger partial charge in [-0.15, -0.1) is 0 Å². The molecule has 1 rings (SSSR count). The van der Waals surface area contributed by atoms with Gasteiger partial charge >= 0.3 is 5.97 Å². The summed E-state index contributed by atoms with van der Waals surface area (Å²) in [5.74, 6) is 0.0490. The maximum absolute atomic E-state index is 10.6. The van der Waals surface area contributed by atoms with Crippen molar-refractivity contribution in [3.8, 4) is 0 Å². The number of hydrogen-bond acceptors (Lipinski definition) is 2. The first kappa shape index (κ1) is 9.78. The van der Waals surface area contributed by atoms with Gasteiger partial charge in [-0.1, -0.05) is 37.3 Å². The van der Waals surface area contributed by atoms with Gasteiger partial charge in [-0.25, -0.2) is 0 Å². The lowest BCUT2D eigenvalue weighted by atomic mass is 10.0. The molecular formula is C11H14O2. The summed E-state index contributed by atoms with van der Waals surface area (Å²) in [6, 6.07) is 10.0. The Kier molecular flexibility index (Phi) is 3.50. The van der Waals surface area contributed by atoms with E-state index in [4.69, 9.17) is 4.74 Å². The highest BCUT2D eigenvalue weighted by Gasteiger charge is 2.05. The standard InChI is InChI=1S/C11H14O2/c1-9(8-13-10(2)12)11-6-4-3-5-7-11/h3-7,9H,8H2,1-2H3/t9-/m1/s1. The molecule has 2 heteroatoms. The number of esters is 1. The topological polar surface area (TPSA) is 26.3 Å². The van der Waals surface area contributed by atoms with E-state index in [1.807, 2.05) is 37.3 Å². The molecule has 0 N–H and O–H groups in total. The lowest BCUT2D eigenvalue weighted by molar-refractivity contribution is -0.141. The monoisotopic (exact) mass is 178 g/mol. The van der Waals surface area contributed by atoms with Crippen molar-refractivity contribution in [2.45, 2.75) is 19.8 Å². The molecule has 0 aliphatic heterocycles. The van der Waals surface area contributed by atoms with Crippen LogP contribution in [-0.2, 0) is 9.53 Å². The van der Waals surface area contributed by atoms with Crippen LogP contribution in [0.2, 0.25) is 0 Å². The van der Waals surface area contributed by atoms with Crippen molar-refractivity contribution in [3.05, 3.63) is 35.9 Å². The third-order valence-electron chi connectivity index (χ3n) is 1.91. The summed E-state index contributed by atoms with van der Waals surface area (Å²) in [5.41, 5.74) is 1.20. The van der Waals surface area contributed by atoms with Gasteiger partial charge in [0.15, 0.2) is 0 Å². The molecule has 2 nitrogen and oxygen atoms in total. The van der Waals surface area contributed by atoms with Crippen molar-refractivity contribution < 1.29 is 9.53 Å². The summed E-state index contributed by atoms with van der Waals surface area (Å²) in [7, 11) is 0. The number of carbonyl (C=O) groups is 1. The van der Waals surface area contributed by atoms with E-state index in [2.05, 4.69) is 0 Å². The zero-order valence-corrected chi connectivity index (χ0v) is 7.99. The summed E-state index contributed by atoms with van der Waals surface area (Å²) in [5, 5.41) is 0. The molecular weight excluding hydrogens is 164 g/mol. The van der Waals surface area contributed by atoms with Gasteiger partial charge in [0.05, 0.1) is 6.61 Å². The van der Waals surface area contributed by atoms with Crippen LogP contribution in [0.25, 0.3) is 0 Å². The first-order valence-electron chi connectivity index (χ1n) is 4.38. The van der Waals surface area contributed by atoms with E-state index in [1.165, 1.54) is 12.5 Å². The van der Waals surface area contributed by atoms with Crippen molar-refractivity contribution in [1.29, 1.82) is 0 Å². The predicted octanol–water partition coefficient (Wildman–Crippen LogP) is 2.35. The number of ether oxygens (including phenoxy) is 1. The molecule has 0 amide bonds. The molecule has 0 unspecified atom stereocenters. The minimum Gasteiger partial charge on any atom is -0.465 e. The van der Waals surface area contributed by atoms with Crippen molar-refractivity contribution in [1.82, 2.24) is 0 Å². The Balaban J connectivity index is 2.49. The highest BCUT2D eigenvalue weighted by atomic mass is 16.5. The van der Waals surface area contributed by atoms with E-state index < -0.39 is 0 Å². The second-order valence-electron chi connectivity index (χ2n) is 3.11. The zero-order valence-electron chi connectivity index (χ0n) is 7.99. The Morgan fingerprint density at radius 2 is 2.00 bits per heavy atom. The fraction of sp³-hybridized carbons (Fsp3) is 0.364. The molecule has 0 saturated heterocycles. The smallest absolute Gasteiger partial charge is 0.302 e. The van der Waals surface area contributed by atoms with Crippen LogP contribution in [0.15, 0.2) is 30.3 Å². The molecule has 0 aliphatic rings. The van der Waals surface area contributed by atoms with Crippen LogP contribution in [-0.4, -0.2) is 12.6 Å². The van der Waals surface area contributed by atoms with E-state index in [0.29, 0.717) is 6.61 Å². The van der Waals surface area contributed by atoms with Crippen molar-refractivity contribution in [3.63, 3.8) is 0 Å². The maximum atomic E-state index is 10.6. The first-order valence-corrected chi connectivity index (χ1v) is 4.38. The normalized spacial score (nSPS) is 12.2. The molecule has 13 heavy (non-hydrogen) atoms. The lowest BCUT2D eigenvalue weighted by Crippen LogP contribution is -2.07. The molecule has 0 saturated carbocycles. The molecule has 0 aliphatic carbocycles. The van der Waals surface area contributed by atoms with E-state index >= 15 is 0 Å².